The summed E-state index contributed by atoms with van der Waals surface area (Å²) < 4.78 is 4.78. The van der Waals surface area contributed by atoms with Crippen molar-refractivity contribution in [2.24, 2.45) is 0 Å². The topological polar surface area (TPSA) is 66.9 Å². The molecule has 1 aromatic rings. The minimum atomic E-state index is -0.446. The normalized spacial score (nSPS) is 16.9. The highest BCUT2D eigenvalue weighted by Crippen LogP contribution is 2.22. The van der Waals surface area contributed by atoms with Gasteiger partial charge in [-0.2, -0.15) is 0 Å². The van der Waals surface area contributed by atoms with Crippen molar-refractivity contribution in [2.45, 2.75) is 32.6 Å². The average Bonchev–Trinajstić information content (AvgIpc) is 3.20. The number of ether oxygens (including phenoxy) is 1. The lowest BCUT2D eigenvalue weighted by atomic mass is 10.0. The van der Waals surface area contributed by atoms with Gasteiger partial charge in [-0.15, -0.1) is 0 Å². The number of esters is 1. The first-order chi connectivity index (χ1) is 13.0. The number of methoxy groups -OCH3 is 1. The Bertz CT molecular complexity index is 776. The van der Waals surface area contributed by atoms with E-state index in [9.17, 15) is 14.4 Å². The van der Waals surface area contributed by atoms with E-state index in [1.807, 2.05) is 4.90 Å². The van der Waals surface area contributed by atoms with E-state index in [-0.39, 0.29) is 11.8 Å². The lowest BCUT2D eigenvalue weighted by Gasteiger charge is -2.35. The number of benzene rings is 1. The van der Waals surface area contributed by atoms with E-state index in [1.165, 1.54) is 12.7 Å². The molecule has 1 heterocycles. The first-order valence-corrected chi connectivity index (χ1v) is 9.44. The van der Waals surface area contributed by atoms with Crippen LogP contribution in [0, 0.1) is 6.92 Å². The predicted molar refractivity (Wildman–Crippen MR) is 102 cm³/mol. The van der Waals surface area contributed by atoms with Crippen LogP contribution >= 0.6 is 0 Å². The first-order valence-electron chi connectivity index (χ1n) is 9.44. The minimum absolute atomic E-state index is 0.108. The zero-order valence-corrected chi connectivity index (χ0v) is 16.0. The van der Waals surface area contributed by atoms with Gasteiger partial charge in [0.2, 0.25) is 5.91 Å². The highest BCUT2D eigenvalue weighted by molar-refractivity contribution is 6.00. The number of piperazine rings is 1. The number of hydrogen-bond donors (Lipinski definition) is 0. The number of amides is 2. The Labute approximate surface area is 159 Å². The molecule has 0 aromatic heterocycles. The van der Waals surface area contributed by atoms with Gasteiger partial charge in [0, 0.05) is 38.2 Å². The van der Waals surface area contributed by atoms with Crippen LogP contribution in [0.4, 0.5) is 0 Å². The molecule has 6 nitrogen and oxygen atoms in total. The van der Waals surface area contributed by atoms with Crippen molar-refractivity contribution in [2.75, 3.05) is 33.3 Å². The van der Waals surface area contributed by atoms with Gasteiger partial charge in [-0.25, -0.2) is 4.79 Å². The largest absolute Gasteiger partial charge is 0.465 e. The highest BCUT2D eigenvalue weighted by Gasteiger charge is 2.27. The van der Waals surface area contributed by atoms with E-state index in [0.29, 0.717) is 49.3 Å². The summed E-state index contributed by atoms with van der Waals surface area (Å²) in [5, 5.41) is 0. The maximum atomic E-state index is 12.9. The summed E-state index contributed by atoms with van der Waals surface area (Å²) in [5.41, 5.74) is 2.78. The SMILES string of the molecule is COC(=O)c1cccc(C(=O)N2CCN(C(=O)CC3=CCCC3)CC2)c1C. The van der Waals surface area contributed by atoms with E-state index < -0.39 is 5.97 Å². The Morgan fingerprint density at radius 3 is 2.33 bits per heavy atom. The second-order valence-corrected chi connectivity index (χ2v) is 7.07. The van der Waals surface area contributed by atoms with Gasteiger partial charge in [-0.3, -0.25) is 9.59 Å². The molecule has 0 unspecified atom stereocenters. The number of allylic oxidation sites excluding steroid dienone is 1. The summed E-state index contributed by atoms with van der Waals surface area (Å²) in [6.45, 7) is 3.87. The standard InChI is InChI=1S/C21H26N2O4/c1-15-17(8-5-9-18(15)21(26)27-2)20(25)23-12-10-22(11-13-23)19(24)14-16-6-3-4-7-16/h5-6,8-9H,3-4,7,10-14H2,1-2H3. The Balaban J connectivity index is 1.62. The van der Waals surface area contributed by atoms with E-state index in [2.05, 4.69) is 6.08 Å². The molecule has 0 N–H and O–H groups in total. The minimum Gasteiger partial charge on any atom is -0.465 e. The molecule has 1 aromatic carbocycles. The maximum Gasteiger partial charge on any atom is 0.338 e. The number of carbonyl (C=O) groups is 3. The lowest BCUT2D eigenvalue weighted by Crippen LogP contribution is -2.50. The fourth-order valence-corrected chi connectivity index (χ4v) is 3.73. The van der Waals surface area contributed by atoms with Crippen molar-refractivity contribution in [1.82, 2.24) is 9.80 Å². The zero-order chi connectivity index (χ0) is 19.4. The number of nitrogens with zero attached hydrogens (tertiary/aromatic N) is 2. The summed E-state index contributed by atoms with van der Waals surface area (Å²) in [6.07, 6.45) is 5.94. The van der Waals surface area contributed by atoms with Crippen molar-refractivity contribution in [3.63, 3.8) is 0 Å². The van der Waals surface area contributed by atoms with Crippen LogP contribution in [0.3, 0.4) is 0 Å². The van der Waals surface area contributed by atoms with Crippen LogP contribution in [0.5, 0.6) is 0 Å². The van der Waals surface area contributed by atoms with Gasteiger partial charge in [-0.05, 0) is 43.9 Å². The van der Waals surface area contributed by atoms with Crippen molar-refractivity contribution >= 4 is 17.8 Å². The second-order valence-electron chi connectivity index (χ2n) is 7.07. The molecule has 2 amide bonds. The van der Waals surface area contributed by atoms with Crippen molar-refractivity contribution in [3.05, 3.63) is 46.5 Å². The average molecular weight is 370 g/mol. The van der Waals surface area contributed by atoms with E-state index in [0.717, 1.165) is 19.3 Å². The van der Waals surface area contributed by atoms with Crippen molar-refractivity contribution < 1.29 is 19.1 Å². The molecular weight excluding hydrogens is 344 g/mol. The molecule has 6 heteroatoms. The van der Waals surface area contributed by atoms with Crippen LogP contribution in [0.2, 0.25) is 0 Å². The van der Waals surface area contributed by atoms with Gasteiger partial charge in [0.1, 0.15) is 0 Å². The third-order valence-electron chi connectivity index (χ3n) is 5.40. The monoisotopic (exact) mass is 370 g/mol. The molecule has 0 spiro atoms. The Morgan fingerprint density at radius 1 is 1.04 bits per heavy atom. The number of rotatable bonds is 4. The Kier molecular flexibility index (Phi) is 5.94. The molecule has 27 heavy (non-hydrogen) atoms. The van der Waals surface area contributed by atoms with Gasteiger partial charge >= 0.3 is 5.97 Å². The summed E-state index contributed by atoms with van der Waals surface area (Å²) in [5.74, 6) is -0.401. The molecule has 1 fully saturated rings. The molecule has 1 aliphatic heterocycles. The third kappa shape index (κ3) is 4.21. The highest BCUT2D eigenvalue weighted by atomic mass is 16.5. The third-order valence-corrected chi connectivity index (χ3v) is 5.40. The predicted octanol–water partition coefficient (Wildman–Crippen LogP) is 2.57. The summed E-state index contributed by atoms with van der Waals surface area (Å²) >= 11 is 0. The molecular formula is C21H26N2O4. The number of hydrogen-bond acceptors (Lipinski definition) is 4. The summed E-state index contributed by atoms with van der Waals surface area (Å²) in [4.78, 5) is 40.8. The fourth-order valence-electron chi connectivity index (χ4n) is 3.73. The van der Waals surface area contributed by atoms with Crippen LogP contribution < -0.4 is 0 Å². The molecule has 3 rings (SSSR count). The zero-order valence-electron chi connectivity index (χ0n) is 16.0. The Morgan fingerprint density at radius 2 is 1.70 bits per heavy atom. The maximum absolute atomic E-state index is 12.9. The van der Waals surface area contributed by atoms with Gasteiger partial charge in [0.25, 0.3) is 5.91 Å². The van der Waals surface area contributed by atoms with E-state index >= 15 is 0 Å². The van der Waals surface area contributed by atoms with E-state index in [1.54, 1.807) is 30.0 Å². The lowest BCUT2D eigenvalue weighted by molar-refractivity contribution is -0.131. The van der Waals surface area contributed by atoms with Gasteiger partial charge in [-0.1, -0.05) is 17.7 Å². The molecule has 1 saturated heterocycles. The van der Waals surface area contributed by atoms with Crippen LogP contribution in [-0.4, -0.2) is 60.9 Å². The second kappa shape index (κ2) is 8.37. The molecule has 0 atom stereocenters. The van der Waals surface area contributed by atoms with Crippen molar-refractivity contribution in [3.8, 4) is 0 Å². The molecule has 2 aliphatic rings. The van der Waals surface area contributed by atoms with Crippen LogP contribution in [0.1, 0.15) is 52.0 Å². The van der Waals surface area contributed by atoms with Crippen LogP contribution in [0.15, 0.2) is 29.8 Å². The van der Waals surface area contributed by atoms with E-state index in [4.69, 9.17) is 4.74 Å². The molecule has 1 aliphatic carbocycles. The summed E-state index contributed by atoms with van der Waals surface area (Å²) in [6, 6.07) is 5.09. The molecule has 144 valence electrons. The van der Waals surface area contributed by atoms with Gasteiger partial charge in [0.15, 0.2) is 0 Å². The Hall–Kier alpha value is -2.63. The quantitative estimate of drug-likeness (QED) is 0.603. The van der Waals surface area contributed by atoms with Crippen LogP contribution in [0.25, 0.3) is 0 Å². The van der Waals surface area contributed by atoms with Crippen LogP contribution in [-0.2, 0) is 9.53 Å². The smallest absolute Gasteiger partial charge is 0.338 e. The summed E-state index contributed by atoms with van der Waals surface area (Å²) in [7, 11) is 1.33. The van der Waals surface area contributed by atoms with Gasteiger partial charge in [0.05, 0.1) is 12.7 Å². The molecule has 0 radical (unpaired) electrons. The first kappa shape index (κ1) is 19.1. The fraction of sp³-hybridized carbons (Fsp3) is 0.476. The van der Waals surface area contributed by atoms with Gasteiger partial charge < -0.3 is 14.5 Å². The molecule has 0 bridgehead atoms. The number of carbonyl (C=O) groups excluding carboxylic acids is 3. The van der Waals surface area contributed by atoms with Crippen molar-refractivity contribution in [1.29, 1.82) is 0 Å². The molecule has 0 saturated carbocycles.